The van der Waals surface area contributed by atoms with Gasteiger partial charge in [-0.05, 0) is 36.2 Å². The van der Waals surface area contributed by atoms with Crippen LogP contribution in [0.4, 0.5) is 0 Å². The summed E-state index contributed by atoms with van der Waals surface area (Å²) in [5.41, 5.74) is 3.52. The smallest absolute Gasteiger partial charge is 0.310 e. The molecule has 6 heteroatoms. The van der Waals surface area contributed by atoms with Gasteiger partial charge in [-0.2, -0.15) is 0 Å². The minimum Gasteiger partial charge on any atom is -0.486 e. The van der Waals surface area contributed by atoms with E-state index in [2.05, 4.69) is 4.98 Å². The lowest BCUT2D eigenvalue weighted by molar-refractivity contribution is -0.144. The predicted octanol–water partition coefficient (Wildman–Crippen LogP) is 2.70. The zero-order valence-corrected chi connectivity index (χ0v) is 13.9. The molecule has 0 amide bonds. The van der Waals surface area contributed by atoms with Crippen LogP contribution >= 0.6 is 0 Å². The van der Waals surface area contributed by atoms with E-state index in [1.807, 2.05) is 54.0 Å². The molecular formula is C19H18N2O4. The van der Waals surface area contributed by atoms with Gasteiger partial charge in [-0.25, -0.2) is 4.98 Å². The molecule has 6 nitrogen and oxygen atoms in total. The van der Waals surface area contributed by atoms with E-state index in [0.29, 0.717) is 24.7 Å². The normalized spacial score (nSPS) is 13.0. The summed E-state index contributed by atoms with van der Waals surface area (Å²) in [6.07, 6.45) is 3.98. The summed E-state index contributed by atoms with van der Waals surface area (Å²) in [5, 5.41) is 0. The minimum atomic E-state index is -0.301. The predicted molar refractivity (Wildman–Crippen MR) is 90.9 cm³/mol. The minimum absolute atomic E-state index is 0.157. The summed E-state index contributed by atoms with van der Waals surface area (Å²) in [6.45, 7) is 3.23. The quantitative estimate of drug-likeness (QED) is 0.685. The van der Waals surface area contributed by atoms with Gasteiger partial charge in [0.1, 0.15) is 25.5 Å². The highest BCUT2D eigenvalue weighted by Crippen LogP contribution is 2.30. The summed E-state index contributed by atoms with van der Waals surface area (Å²) in [5.74, 6) is 1.08. The van der Waals surface area contributed by atoms with E-state index in [1.54, 1.807) is 0 Å². The number of pyridine rings is 1. The Morgan fingerprint density at radius 2 is 2.08 bits per heavy atom. The van der Waals surface area contributed by atoms with E-state index in [-0.39, 0.29) is 19.0 Å². The molecule has 0 saturated heterocycles. The van der Waals surface area contributed by atoms with Gasteiger partial charge in [-0.15, -0.1) is 0 Å². The number of nitrogens with zero attached hydrogens (tertiary/aromatic N) is 2. The Balaban J connectivity index is 1.39. The van der Waals surface area contributed by atoms with Crippen LogP contribution in [0.3, 0.4) is 0 Å². The van der Waals surface area contributed by atoms with Crippen molar-refractivity contribution in [2.24, 2.45) is 0 Å². The van der Waals surface area contributed by atoms with E-state index in [1.165, 1.54) is 0 Å². The van der Waals surface area contributed by atoms with Crippen molar-refractivity contribution in [3.63, 3.8) is 0 Å². The van der Waals surface area contributed by atoms with Crippen molar-refractivity contribution in [3.05, 3.63) is 59.5 Å². The Labute approximate surface area is 145 Å². The average molecular weight is 338 g/mol. The van der Waals surface area contributed by atoms with Crippen LogP contribution in [0.25, 0.3) is 5.65 Å². The van der Waals surface area contributed by atoms with Gasteiger partial charge in [0, 0.05) is 12.4 Å². The molecule has 3 aromatic rings. The Bertz CT molecular complexity index is 932. The van der Waals surface area contributed by atoms with Crippen LogP contribution < -0.4 is 9.47 Å². The van der Waals surface area contributed by atoms with E-state index in [0.717, 1.165) is 22.5 Å². The van der Waals surface area contributed by atoms with Crippen LogP contribution in [0.2, 0.25) is 0 Å². The van der Waals surface area contributed by atoms with Crippen LogP contribution in [0.15, 0.2) is 42.7 Å². The summed E-state index contributed by atoms with van der Waals surface area (Å²) in [6, 6.07) is 9.46. The SMILES string of the molecule is Cc1cccn2cc(COC(=O)Cc3ccc4c(c3)OCCO4)nc12. The van der Waals surface area contributed by atoms with Crippen molar-refractivity contribution in [3.8, 4) is 11.5 Å². The van der Waals surface area contributed by atoms with Crippen molar-refractivity contribution in [2.45, 2.75) is 20.0 Å². The molecule has 128 valence electrons. The fourth-order valence-corrected chi connectivity index (χ4v) is 2.84. The number of imidazole rings is 1. The first-order valence-corrected chi connectivity index (χ1v) is 8.16. The molecule has 0 saturated carbocycles. The maximum absolute atomic E-state index is 12.1. The molecule has 0 radical (unpaired) electrons. The third kappa shape index (κ3) is 3.28. The first kappa shape index (κ1) is 15.5. The number of rotatable bonds is 4. The first-order valence-electron chi connectivity index (χ1n) is 8.16. The standard InChI is InChI=1S/C19H18N2O4/c1-13-3-2-6-21-11-15(20-19(13)21)12-25-18(22)10-14-4-5-16-17(9-14)24-8-7-23-16/h2-6,9,11H,7-8,10,12H2,1H3. The maximum atomic E-state index is 12.1. The summed E-state index contributed by atoms with van der Waals surface area (Å²) in [7, 11) is 0. The fraction of sp³-hybridized carbons (Fsp3) is 0.263. The fourth-order valence-electron chi connectivity index (χ4n) is 2.84. The van der Waals surface area contributed by atoms with Gasteiger partial charge in [0.15, 0.2) is 11.5 Å². The third-order valence-electron chi connectivity index (χ3n) is 4.06. The van der Waals surface area contributed by atoms with Gasteiger partial charge in [0.2, 0.25) is 0 Å². The van der Waals surface area contributed by atoms with Gasteiger partial charge in [-0.3, -0.25) is 4.79 Å². The molecule has 0 bridgehead atoms. The maximum Gasteiger partial charge on any atom is 0.310 e. The number of aromatic nitrogens is 2. The highest BCUT2D eigenvalue weighted by Gasteiger charge is 2.14. The molecule has 0 atom stereocenters. The van der Waals surface area contributed by atoms with Crippen molar-refractivity contribution >= 4 is 11.6 Å². The number of hydrogen-bond acceptors (Lipinski definition) is 5. The van der Waals surface area contributed by atoms with Gasteiger partial charge in [0.25, 0.3) is 0 Å². The Hall–Kier alpha value is -3.02. The summed E-state index contributed by atoms with van der Waals surface area (Å²) >= 11 is 0. The number of esters is 1. The van der Waals surface area contributed by atoms with Gasteiger partial charge < -0.3 is 18.6 Å². The second-order valence-corrected chi connectivity index (χ2v) is 5.97. The molecule has 3 heterocycles. The molecular weight excluding hydrogens is 320 g/mol. The van der Waals surface area contributed by atoms with Crippen molar-refractivity contribution < 1.29 is 19.0 Å². The van der Waals surface area contributed by atoms with E-state index >= 15 is 0 Å². The number of carbonyl (C=O) groups is 1. The molecule has 0 spiro atoms. The van der Waals surface area contributed by atoms with Crippen LogP contribution in [-0.4, -0.2) is 28.6 Å². The Morgan fingerprint density at radius 1 is 1.24 bits per heavy atom. The molecule has 1 aliphatic heterocycles. The van der Waals surface area contributed by atoms with Crippen molar-refractivity contribution in [1.29, 1.82) is 0 Å². The number of fused-ring (bicyclic) bond motifs is 2. The summed E-state index contributed by atoms with van der Waals surface area (Å²) < 4.78 is 18.3. The number of hydrogen-bond donors (Lipinski definition) is 0. The van der Waals surface area contributed by atoms with Crippen molar-refractivity contribution in [2.75, 3.05) is 13.2 Å². The lowest BCUT2D eigenvalue weighted by atomic mass is 10.1. The molecule has 2 aromatic heterocycles. The van der Waals surface area contributed by atoms with E-state index in [4.69, 9.17) is 14.2 Å². The summed E-state index contributed by atoms with van der Waals surface area (Å²) in [4.78, 5) is 16.6. The molecule has 0 unspecified atom stereocenters. The molecule has 0 aliphatic carbocycles. The largest absolute Gasteiger partial charge is 0.486 e. The van der Waals surface area contributed by atoms with Crippen LogP contribution in [0.5, 0.6) is 11.5 Å². The number of carbonyl (C=O) groups excluding carboxylic acids is 1. The van der Waals surface area contributed by atoms with Gasteiger partial charge in [0.05, 0.1) is 12.1 Å². The van der Waals surface area contributed by atoms with Crippen molar-refractivity contribution in [1.82, 2.24) is 9.38 Å². The van der Waals surface area contributed by atoms with E-state index in [9.17, 15) is 4.79 Å². The molecule has 0 N–H and O–H groups in total. The lowest BCUT2D eigenvalue weighted by Gasteiger charge is -2.18. The Morgan fingerprint density at radius 3 is 2.92 bits per heavy atom. The van der Waals surface area contributed by atoms with E-state index < -0.39 is 0 Å². The van der Waals surface area contributed by atoms with Gasteiger partial charge in [-0.1, -0.05) is 12.1 Å². The monoisotopic (exact) mass is 338 g/mol. The molecule has 25 heavy (non-hydrogen) atoms. The number of benzene rings is 1. The Kier molecular flexibility index (Phi) is 4.01. The zero-order chi connectivity index (χ0) is 17.2. The second kappa shape index (κ2) is 6.47. The zero-order valence-electron chi connectivity index (χ0n) is 13.9. The highest BCUT2D eigenvalue weighted by molar-refractivity contribution is 5.73. The molecule has 0 fully saturated rings. The van der Waals surface area contributed by atoms with Crippen LogP contribution in [0, 0.1) is 6.92 Å². The highest BCUT2D eigenvalue weighted by atomic mass is 16.6. The average Bonchev–Trinajstić information content (AvgIpc) is 3.04. The van der Waals surface area contributed by atoms with Crippen LogP contribution in [-0.2, 0) is 22.6 Å². The molecule has 4 rings (SSSR count). The topological polar surface area (TPSA) is 62.1 Å². The molecule has 1 aromatic carbocycles. The molecule has 1 aliphatic rings. The number of ether oxygens (including phenoxy) is 3. The van der Waals surface area contributed by atoms with Gasteiger partial charge >= 0.3 is 5.97 Å². The first-order chi connectivity index (χ1) is 12.2. The third-order valence-corrected chi connectivity index (χ3v) is 4.06. The van der Waals surface area contributed by atoms with Crippen LogP contribution in [0.1, 0.15) is 16.8 Å². The number of aryl methyl sites for hydroxylation is 1. The lowest BCUT2D eigenvalue weighted by Crippen LogP contribution is -2.16. The second-order valence-electron chi connectivity index (χ2n) is 5.97.